The van der Waals surface area contributed by atoms with Gasteiger partial charge in [0, 0.05) is 32.0 Å². The second-order valence-corrected chi connectivity index (χ2v) is 6.43. The average molecular weight is 300 g/mol. The monoisotopic (exact) mass is 300 g/mol. The smallest absolute Gasteiger partial charge is 0.239 e. The van der Waals surface area contributed by atoms with Crippen LogP contribution in [0.15, 0.2) is 42.0 Å². The molecule has 0 aromatic heterocycles. The molecular weight excluding hydrogens is 280 g/mol. The normalized spacial score (nSPS) is 42.6. The van der Waals surface area contributed by atoms with Crippen LogP contribution in [0.1, 0.15) is 18.4 Å². The number of benzene rings is 1. The van der Waals surface area contributed by atoms with Crippen LogP contribution < -0.4 is 0 Å². The van der Waals surface area contributed by atoms with Gasteiger partial charge in [0.2, 0.25) is 11.6 Å². The van der Waals surface area contributed by atoms with Gasteiger partial charge in [0.15, 0.2) is 5.60 Å². The highest BCUT2D eigenvalue weighted by atomic mass is 16.7. The standard InChI is InChI=1S/C18H20O4/c1-11-9-17(20-2)15(12-7-5-4-6-8-12)13-10-22-18(21-3,14(11)13)16(17)19/h4-9,13-15H,10H2,1-3H3/t13-,14-,15+,17-,18+/m0/s1. The van der Waals surface area contributed by atoms with Crippen molar-refractivity contribution in [2.24, 2.45) is 11.8 Å². The molecule has 0 radical (unpaired) electrons. The van der Waals surface area contributed by atoms with Crippen molar-refractivity contribution in [2.75, 3.05) is 20.8 Å². The first-order valence-electron chi connectivity index (χ1n) is 7.64. The van der Waals surface area contributed by atoms with Gasteiger partial charge in [-0.05, 0) is 18.6 Å². The number of hydrogen-bond acceptors (Lipinski definition) is 4. The molecule has 4 aliphatic rings. The van der Waals surface area contributed by atoms with E-state index in [4.69, 9.17) is 14.2 Å². The van der Waals surface area contributed by atoms with Crippen molar-refractivity contribution >= 4 is 5.78 Å². The summed E-state index contributed by atoms with van der Waals surface area (Å²) in [5.41, 5.74) is 1.24. The molecular formula is C18H20O4. The predicted molar refractivity (Wildman–Crippen MR) is 80.4 cm³/mol. The highest BCUT2D eigenvalue weighted by molar-refractivity contribution is 6.00. The molecule has 4 bridgehead atoms. The van der Waals surface area contributed by atoms with Gasteiger partial charge in [-0.2, -0.15) is 0 Å². The number of rotatable bonds is 3. The fraction of sp³-hybridized carbons (Fsp3) is 0.500. The molecule has 116 valence electrons. The van der Waals surface area contributed by atoms with Crippen molar-refractivity contribution in [1.82, 2.24) is 0 Å². The Bertz CT molecular complexity index is 652. The molecule has 22 heavy (non-hydrogen) atoms. The van der Waals surface area contributed by atoms with Crippen LogP contribution in [0.3, 0.4) is 0 Å². The van der Waals surface area contributed by atoms with Crippen LogP contribution in [0.2, 0.25) is 0 Å². The van der Waals surface area contributed by atoms with Crippen molar-refractivity contribution in [1.29, 1.82) is 0 Å². The van der Waals surface area contributed by atoms with Crippen molar-refractivity contribution in [3.63, 3.8) is 0 Å². The third kappa shape index (κ3) is 1.41. The van der Waals surface area contributed by atoms with Crippen LogP contribution in [0, 0.1) is 11.8 Å². The molecule has 1 aromatic rings. The minimum absolute atomic E-state index is 0.0350. The Morgan fingerprint density at radius 1 is 1.14 bits per heavy atom. The zero-order chi connectivity index (χ0) is 15.5. The first kappa shape index (κ1) is 14.1. The largest absolute Gasteiger partial charge is 0.365 e. The third-order valence-electron chi connectivity index (χ3n) is 5.62. The van der Waals surface area contributed by atoms with Crippen LogP contribution in [0.25, 0.3) is 0 Å². The molecule has 0 spiro atoms. The van der Waals surface area contributed by atoms with Crippen molar-refractivity contribution in [2.45, 2.75) is 24.2 Å². The Balaban J connectivity index is 1.96. The zero-order valence-corrected chi connectivity index (χ0v) is 13.0. The number of ether oxygens (including phenoxy) is 3. The van der Waals surface area contributed by atoms with E-state index in [0.29, 0.717) is 6.61 Å². The summed E-state index contributed by atoms with van der Waals surface area (Å²) >= 11 is 0. The summed E-state index contributed by atoms with van der Waals surface area (Å²) in [6.45, 7) is 2.56. The Kier molecular flexibility index (Phi) is 2.89. The lowest BCUT2D eigenvalue weighted by atomic mass is 9.54. The molecule has 1 aromatic carbocycles. The first-order chi connectivity index (χ1) is 10.6. The van der Waals surface area contributed by atoms with Gasteiger partial charge >= 0.3 is 0 Å². The van der Waals surface area contributed by atoms with Gasteiger partial charge in [0.05, 0.1) is 6.61 Å². The number of methoxy groups -OCH3 is 2. The molecule has 1 saturated carbocycles. The Morgan fingerprint density at radius 2 is 1.86 bits per heavy atom. The minimum atomic E-state index is -1.18. The lowest BCUT2D eigenvalue weighted by molar-refractivity contribution is -0.231. The summed E-state index contributed by atoms with van der Waals surface area (Å²) in [5.74, 6) is -1.17. The average Bonchev–Trinajstić information content (AvgIpc) is 2.92. The first-order valence-corrected chi connectivity index (χ1v) is 7.64. The SMILES string of the molecule is CO[C@@]12OC[C@@H]3[C@@H](c4ccccc4)[C@@](OC)(C=C(C)[C@@H]31)C2=O. The summed E-state index contributed by atoms with van der Waals surface area (Å²) < 4.78 is 17.4. The number of hydrogen-bond donors (Lipinski definition) is 0. The van der Waals surface area contributed by atoms with Crippen LogP contribution in [0.5, 0.6) is 0 Å². The van der Waals surface area contributed by atoms with E-state index in [1.807, 2.05) is 31.2 Å². The summed E-state index contributed by atoms with van der Waals surface area (Å²) in [7, 11) is 3.15. The van der Waals surface area contributed by atoms with Gasteiger partial charge < -0.3 is 14.2 Å². The molecule has 2 fully saturated rings. The van der Waals surface area contributed by atoms with Gasteiger partial charge in [-0.15, -0.1) is 0 Å². The highest BCUT2D eigenvalue weighted by Gasteiger charge is 2.74. The lowest BCUT2D eigenvalue weighted by Crippen LogP contribution is -2.67. The van der Waals surface area contributed by atoms with Crippen LogP contribution in [-0.2, 0) is 19.0 Å². The molecule has 1 aliphatic heterocycles. The topological polar surface area (TPSA) is 44.8 Å². The molecule has 1 heterocycles. The summed E-state index contributed by atoms with van der Waals surface area (Å²) in [4.78, 5) is 13.3. The lowest BCUT2D eigenvalue weighted by Gasteiger charge is -2.54. The van der Waals surface area contributed by atoms with Crippen molar-refractivity contribution < 1.29 is 19.0 Å². The predicted octanol–water partition coefficient (Wildman–Crippen LogP) is 2.30. The maximum atomic E-state index is 13.3. The van der Waals surface area contributed by atoms with Gasteiger partial charge in [-0.3, -0.25) is 4.79 Å². The molecule has 4 nitrogen and oxygen atoms in total. The van der Waals surface area contributed by atoms with E-state index < -0.39 is 11.4 Å². The molecule has 3 aliphatic carbocycles. The maximum Gasteiger partial charge on any atom is 0.239 e. The Labute approximate surface area is 130 Å². The van der Waals surface area contributed by atoms with E-state index in [0.717, 1.165) is 11.1 Å². The van der Waals surface area contributed by atoms with Gasteiger partial charge in [0.1, 0.15) is 0 Å². The Morgan fingerprint density at radius 3 is 2.50 bits per heavy atom. The summed E-state index contributed by atoms with van der Waals surface area (Å²) in [6.07, 6.45) is 1.99. The molecule has 1 saturated heterocycles. The van der Waals surface area contributed by atoms with E-state index in [-0.39, 0.29) is 23.5 Å². The molecule has 0 N–H and O–H groups in total. The maximum absolute atomic E-state index is 13.3. The zero-order valence-electron chi connectivity index (χ0n) is 13.0. The third-order valence-corrected chi connectivity index (χ3v) is 5.62. The molecule has 0 amide bonds. The van der Waals surface area contributed by atoms with Gasteiger partial charge in [-0.1, -0.05) is 35.9 Å². The van der Waals surface area contributed by atoms with E-state index in [1.165, 1.54) is 0 Å². The van der Waals surface area contributed by atoms with E-state index >= 15 is 0 Å². The number of carbonyl (C=O) groups is 1. The van der Waals surface area contributed by atoms with Crippen LogP contribution >= 0.6 is 0 Å². The highest BCUT2D eigenvalue weighted by Crippen LogP contribution is 2.62. The molecule has 5 atom stereocenters. The van der Waals surface area contributed by atoms with Crippen molar-refractivity contribution in [3.05, 3.63) is 47.5 Å². The fourth-order valence-corrected chi connectivity index (χ4v) is 4.85. The van der Waals surface area contributed by atoms with E-state index in [9.17, 15) is 4.79 Å². The fourth-order valence-electron chi connectivity index (χ4n) is 4.85. The minimum Gasteiger partial charge on any atom is -0.365 e. The molecule has 0 unspecified atom stereocenters. The second-order valence-electron chi connectivity index (χ2n) is 6.43. The van der Waals surface area contributed by atoms with Crippen LogP contribution in [-0.4, -0.2) is 38.0 Å². The quantitative estimate of drug-likeness (QED) is 0.804. The van der Waals surface area contributed by atoms with Crippen LogP contribution in [0.4, 0.5) is 0 Å². The van der Waals surface area contributed by atoms with E-state index in [1.54, 1.807) is 14.2 Å². The summed E-state index contributed by atoms with van der Waals surface area (Å²) in [5, 5.41) is 0. The van der Waals surface area contributed by atoms with E-state index in [2.05, 4.69) is 12.1 Å². The number of carbonyl (C=O) groups excluding carboxylic acids is 1. The molecule has 4 heteroatoms. The van der Waals surface area contributed by atoms with Gasteiger partial charge in [-0.25, -0.2) is 0 Å². The van der Waals surface area contributed by atoms with Gasteiger partial charge in [0.25, 0.3) is 0 Å². The number of Topliss-reactive ketones (excluding diaryl/α,β-unsaturated/α-hetero) is 1. The summed E-state index contributed by atoms with van der Waals surface area (Å²) in [6, 6.07) is 10.1. The Hall–Kier alpha value is -1.49. The number of ketones is 1. The van der Waals surface area contributed by atoms with Crippen molar-refractivity contribution in [3.8, 4) is 0 Å². The molecule has 5 rings (SSSR count). The second kappa shape index (κ2) is 4.51.